The summed E-state index contributed by atoms with van der Waals surface area (Å²) >= 11 is 0. The fourth-order valence-corrected chi connectivity index (χ4v) is 3.67. The molecule has 0 bridgehead atoms. The largest absolute Gasteiger partial charge is 0.330 e. The molecule has 2 aliphatic heterocycles. The third-order valence-electron chi connectivity index (χ3n) is 5.04. The highest BCUT2D eigenvalue weighted by molar-refractivity contribution is 5.92. The number of amides is 1. The van der Waals surface area contributed by atoms with Gasteiger partial charge in [0, 0.05) is 25.6 Å². The molecule has 0 N–H and O–H groups in total. The summed E-state index contributed by atoms with van der Waals surface area (Å²) in [5.74, 6) is 0.819. The Morgan fingerprint density at radius 2 is 2.04 bits per heavy atom. The van der Waals surface area contributed by atoms with Crippen LogP contribution in [0.15, 0.2) is 18.3 Å². The van der Waals surface area contributed by atoms with Crippen molar-refractivity contribution in [3.05, 3.63) is 29.9 Å². The van der Waals surface area contributed by atoms with Crippen LogP contribution in [0.2, 0.25) is 0 Å². The number of likely N-dealkylation sites (tertiary alicyclic amines) is 1. The Hall–Kier alpha value is -1.95. The van der Waals surface area contributed by atoms with Crippen molar-refractivity contribution in [2.45, 2.75) is 52.2 Å². The first-order valence-corrected chi connectivity index (χ1v) is 8.75. The molecule has 0 aliphatic carbocycles. The summed E-state index contributed by atoms with van der Waals surface area (Å²) in [6, 6.07) is 0.355. The Bertz CT molecular complexity index is 658. The van der Waals surface area contributed by atoms with Crippen molar-refractivity contribution in [2.24, 2.45) is 0 Å². The third-order valence-corrected chi connectivity index (χ3v) is 5.04. The van der Waals surface area contributed by atoms with Crippen LogP contribution in [-0.4, -0.2) is 56.7 Å². The van der Waals surface area contributed by atoms with Gasteiger partial charge in [-0.15, -0.1) is 0 Å². The van der Waals surface area contributed by atoms with Crippen LogP contribution in [0.25, 0.3) is 0 Å². The number of carbonyl (C=O) groups excluding carboxylic acids is 2. The predicted octanol–water partition coefficient (Wildman–Crippen LogP) is 2.03. The normalized spacial score (nSPS) is 22.8. The molecular weight excluding hydrogens is 304 g/mol. The van der Waals surface area contributed by atoms with E-state index < -0.39 is 0 Å². The second-order valence-corrected chi connectivity index (χ2v) is 6.90. The minimum Gasteiger partial charge on any atom is -0.330 e. The van der Waals surface area contributed by atoms with Crippen molar-refractivity contribution in [3.63, 3.8) is 0 Å². The average molecular weight is 330 g/mol. The third kappa shape index (κ3) is 3.29. The fraction of sp³-hybridized carbons (Fsp3) is 0.611. The molecule has 2 aliphatic rings. The summed E-state index contributed by atoms with van der Waals surface area (Å²) in [5, 5.41) is 0. The molecule has 1 fully saturated rings. The summed E-state index contributed by atoms with van der Waals surface area (Å²) in [6.07, 6.45) is 7.81. The van der Waals surface area contributed by atoms with E-state index in [0.29, 0.717) is 24.8 Å². The first-order valence-electron chi connectivity index (χ1n) is 8.75. The van der Waals surface area contributed by atoms with E-state index in [1.807, 2.05) is 22.5 Å². The minimum absolute atomic E-state index is 0.0136. The minimum atomic E-state index is 0.0136. The zero-order valence-electron chi connectivity index (χ0n) is 14.7. The van der Waals surface area contributed by atoms with Gasteiger partial charge in [-0.05, 0) is 39.8 Å². The number of fused-ring (bicyclic) bond motifs is 1. The molecule has 0 aromatic carbocycles. The van der Waals surface area contributed by atoms with Crippen LogP contribution in [0, 0.1) is 0 Å². The summed E-state index contributed by atoms with van der Waals surface area (Å²) in [7, 11) is 0. The van der Waals surface area contributed by atoms with Gasteiger partial charge in [-0.1, -0.05) is 6.08 Å². The van der Waals surface area contributed by atoms with E-state index in [4.69, 9.17) is 0 Å². The van der Waals surface area contributed by atoms with E-state index in [2.05, 4.69) is 16.8 Å². The monoisotopic (exact) mass is 330 g/mol. The van der Waals surface area contributed by atoms with Gasteiger partial charge >= 0.3 is 0 Å². The summed E-state index contributed by atoms with van der Waals surface area (Å²) in [5.41, 5.74) is 0.628. The number of carbonyl (C=O) groups is 2. The van der Waals surface area contributed by atoms with Crippen LogP contribution < -0.4 is 0 Å². The Labute approximate surface area is 143 Å². The molecule has 1 aromatic heterocycles. The van der Waals surface area contributed by atoms with Crippen molar-refractivity contribution in [3.8, 4) is 0 Å². The van der Waals surface area contributed by atoms with Crippen molar-refractivity contribution >= 4 is 11.7 Å². The number of aromatic nitrogens is 2. The van der Waals surface area contributed by atoms with Crippen molar-refractivity contribution in [2.75, 3.05) is 19.6 Å². The number of rotatable bonds is 4. The standard InChI is InChI=1S/C18H26N4O2/c1-13(20-8-4-5-9-20)6-7-18(24)21-11-14(2)22-16(15(3)23)10-19-17(22)12-21/h6-7,10,13-14H,4-5,8-9,11-12H2,1-3H3/b7-6+. The SMILES string of the molecule is CC(=O)c1cnc2n1C(C)CN(C(=O)/C=C/C(C)N1CCCC1)C2. The smallest absolute Gasteiger partial charge is 0.246 e. The second kappa shape index (κ2) is 6.89. The molecule has 130 valence electrons. The van der Waals surface area contributed by atoms with E-state index in [1.165, 1.54) is 12.8 Å². The molecule has 6 heteroatoms. The lowest BCUT2D eigenvalue weighted by Gasteiger charge is -2.32. The molecule has 0 spiro atoms. The lowest BCUT2D eigenvalue weighted by Crippen LogP contribution is -2.40. The number of imidazole rings is 1. The van der Waals surface area contributed by atoms with Crippen molar-refractivity contribution in [1.29, 1.82) is 0 Å². The number of nitrogens with zero attached hydrogens (tertiary/aromatic N) is 4. The molecule has 1 saturated heterocycles. The average Bonchev–Trinajstić information content (AvgIpc) is 3.21. The zero-order valence-corrected chi connectivity index (χ0v) is 14.7. The Morgan fingerprint density at radius 1 is 1.33 bits per heavy atom. The molecule has 0 radical (unpaired) electrons. The molecule has 2 atom stereocenters. The highest BCUT2D eigenvalue weighted by atomic mass is 16.2. The van der Waals surface area contributed by atoms with Crippen LogP contribution in [0.4, 0.5) is 0 Å². The molecule has 1 aromatic rings. The van der Waals surface area contributed by atoms with E-state index in [-0.39, 0.29) is 17.7 Å². The number of ketones is 1. The Balaban J connectivity index is 1.67. The summed E-state index contributed by atoms with van der Waals surface area (Å²) in [6.45, 7) is 9.01. The van der Waals surface area contributed by atoms with Gasteiger partial charge in [0.15, 0.2) is 5.78 Å². The maximum Gasteiger partial charge on any atom is 0.246 e. The number of hydrogen-bond donors (Lipinski definition) is 0. The highest BCUT2D eigenvalue weighted by Crippen LogP contribution is 2.23. The molecule has 1 amide bonds. The quantitative estimate of drug-likeness (QED) is 0.626. The van der Waals surface area contributed by atoms with Gasteiger partial charge in [0.05, 0.1) is 18.8 Å². The first-order chi connectivity index (χ1) is 11.5. The van der Waals surface area contributed by atoms with Crippen LogP contribution in [0.1, 0.15) is 56.0 Å². The Morgan fingerprint density at radius 3 is 2.71 bits per heavy atom. The van der Waals surface area contributed by atoms with Crippen LogP contribution >= 0.6 is 0 Å². The van der Waals surface area contributed by atoms with Crippen molar-refractivity contribution in [1.82, 2.24) is 19.4 Å². The van der Waals surface area contributed by atoms with Gasteiger partial charge in [0.2, 0.25) is 5.91 Å². The maximum absolute atomic E-state index is 12.5. The van der Waals surface area contributed by atoms with E-state index >= 15 is 0 Å². The van der Waals surface area contributed by atoms with Gasteiger partial charge in [-0.25, -0.2) is 4.98 Å². The lowest BCUT2D eigenvalue weighted by molar-refractivity contribution is -0.128. The molecule has 6 nitrogen and oxygen atoms in total. The Kier molecular flexibility index (Phi) is 4.85. The second-order valence-electron chi connectivity index (χ2n) is 6.90. The van der Waals surface area contributed by atoms with Gasteiger partial charge in [-0.3, -0.25) is 14.5 Å². The highest BCUT2D eigenvalue weighted by Gasteiger charge is 2.28. The van der Waals surface area contributed by atoms with Gasteiger partial charge in [0.1, 0.15) is 11.5 Å². The van der Waals surface area contributed by atoms with Gasteiger partial charge < -0.3 is 9.47 Å². The van der Waals surface area contributed by atoms with Crippen LogP contribution in [0.5, 0.6) is 0 Å². The van der Waals surface area contributed by atoms with Crippen LogP contribution in [-0.2, 0) is 11.3 Å². The van der Waals surface area contributed by atoms with Crippen molar-refractivity contribution < 1.29 is 9.59 Å². The van der Waals surface area contributed by atoms with Crippen LogP contribution in [0.3, 0.4) is 0 Å². The lowest BCUT2D eigenvalue weighted by atomic mass is 10.2. The first kappa shape index (κ1) is 16.9. The topological polar surface area (TPSA) is 58.4 Å². The molecule has 24 heavy (non-hydrogen) atoms. The number of Topliss-reactive ketones (excluding diaryl/α,β-unsaturated/α-hetero) is 1. The molecule has 3 rings (SSSR count). The van der Waals surface area contributed by atoms with Gasteiger partial charge in [0.25, 0.3) is 0 Å². The maximum atomic E-state index is 12.5. The molecule has 2 unspecified atom stereocenters. The molecule has 0 saturated carbocycles. The summed E-state index contributed by atoms with van der Waals surface area (Å²) in [4.78, 5) is 32.8. The van der Waals surface area contributed by atoms with Gasteiger partial charge in [-0.2, -0.15) is 0 Å². The summed E-state index contributed by atoms with van der Waals surface area (Å²) < 4.78 is 1.96. The predicted molar refractivity (Wildman–Crippen MR) is 91.8 cm³/mol. The fourth-order valence-electron chi connectivity index (χ4n) is 3.67. The van der Waals surface area contributed by atoms with E-state index in [9.17, 15) is 9.59 Å². The molecule has 3 heterocycles. The zero-order chi connectivity index (χ0) is 17.3. The van der Waals surface area contributed by atoms with E-state index in [0.717, 1.165) is 18.9 Å². The number of hydrogen-bond acceptors (Lipinski definition) is 4. The van der Waals surface area contributed by atoms with E-state index in [1.54, 1.807) is 19.2 Å². The molecular formula is C18H26N4O2.